The molecule has 2 aromatic rings. The third-order valence-electron chi connectivity index (χ3n) is 3.37. The first-order valence-corrected chi connectivity index (χ1v) is 9.87. The number of rotatable bonds is 9. The number of benzene rings is 2. The van der Waals surface area contributed by atoms with Crippen LogP contribution in [0.3, 0.4) is 0 Å². The first-order valence-electron chi connectivity index (χ1n) is 7.50. The molecule has 6 nitrogen and oxygen atoms in total. The fourth-order valence-corrected chi connectivity index (χ4v) is 4.09. The average molecular weight is 381 g/mol. The zero-order chi connectivity index (χ0) is 18.3. The van der Waals surface area contributed by atoms with Gasteiger partial charge < -0.3 is 9.84 Å². The number of sulfonamides is 1. The molecule has 0 aromatic heterocycles. The summed E-state index contributed by atoms with van der Waals surface area (Å²) >= 11 is 1.20. The molecule has 0 aliphatic carbocycles. The fraction of sp³-hybridized carbons (Fsp3) is 0.235. The van der Waals surface area contributed by atoms with Crippen LogP contribution < -0.4 is 9.46 Å². The molecule has 8 heteroatoms. The van der Waals surface area contributed by atoms with Gasteiger partial charge in [0.2, 0.25) is 10.0 Å². The van der Waals surface area contributed by atoms with E-state index in [0.717, 1.165) is 4.90 Å². The topological polar surface area (TPSA) is 92.7 Å². The Balaban J connectivity index is 1.95. The number of nitrogens with one attached hydrogen (secondary N) is 1. The van der Waals surface area contributed by atoms with Crippen LogP contribution in [-0.4, -0.2) is 38.4 Å². The quantitative estimate of drug-likeness (QED) is 0.649. The highest BCUT2D eigenvalue weighted by Crippen LogP contribution is 2.25. The van der Waals surface area contributed by atoms with Crippen LogP contribution in [0.15, 0.2) is 64.4 Å². The molecule has 0 saturated heterocycles. The van der Waals surface area contributed by atoms with E-state index in [1.165, 1.54) is 31.0 Å². The van der Waals surface area contributed by atoms with Crippen LogP contribution in [0.25, 0.3) is 0 Å². The maximum atomic E-state index is 12.2. The second-order valence-corrected chi connectivity index (χ2v) is 8.16. The molecule has 25 heavy (non-hydrogen) atoms. The molecule has 1 atom stereocenters. The van der Waals surface area contributed by atoms with E-state index < -0.39 is 21.2 Å². The Kier molecular flexibility index (Phi) is 6.86. The summed E-state index contributed by atoms with van der Waals surface area (Å²) in [5, 5.41) is 8.59. The number of carbonyl (C=O) groups is 1. The highest BCUT2D eigenvalue weighted by atomic mass is 32.2. The molecule has 0 spiro atoms. The summed E-state index contributed by atoms with van der Waals surface area (Å²) < 4.78 is 31.9. The first-order chi connectivity index (χ1) is 11.9. The summed E-state index contributed by atoms with van der Waals surface area (Å²) in [6.07, 6.45) is 0.171. The average Bonchev–Trinajstić information content (AvgIpc) is 2.61. The Morgan fingerprint density at radius 2 is 1.80 bits per heavy atom. The Labute approximate surface area is 151 Å². The molecule has 0 heterocycles. The maximum absolute atomic E-state index is 12.2. The van der Waals surface area contributed by atoms with Crippen LogP contribution in [0.5, 0.6) is 5.75 Å². The van der Waals surface area contributed by atoms with Gasteiger partial charge in [-0.25, -0.2) is 13.1 Å². The predicted molar refractivity (Wildman–Crippen MR) is 96.5 cm³/mol. The summed E-state index contributed by atoms with van der Waals surface area (Å²) in [5.74, 6) is -0.415. The Morgan fingerprint density at radius 1 is 1.16 bits per heavy atom. The zero-order valence-electron chi connectivity index (χ0n) is 13.6. The predicted octanol–water partition coefficient (Wildman–Crippen LogP) is 2.61. The largest absolute Gasteiger partial charge is 0.497 e. The van der Waals surface area contributed by atoms with Gasteiger partial charge in [-0.3, -0.25) is 4.79 Å². The van der Waals surface area contributed by atoms with Gasteiger partial charge in [0, 0.05) is 11.4 Å². The lowest BCUT2D eigenvalue weighted by Crippen LogP contribution is -2.29. The monoisotopic (exact) mass is 381 g/mol. The molecule has 2 rings (SSSR count). The van der Waals surface area contributed by atoms with Crippen molar-refractivity contribution in [2.24, 2.45) is 0 Å². The van der Waals surface area contributed by atoms with Crippen LogP contribution in [0.4, 0.5) is 0 Å². The molecule has 0 saturated carbocycles. The van der Waals surface area contributed by atoms with Crippen molar-refractivity contribution >= 4 is 27.8 Å². The molecule has 134 valence electrons. The lowest BCUT2D eigenvalue weighted by Gasteiger charge is -2.13. The van der Waals surface area contributed by atoms with Gasteiger partial charge in [0.05, 0.1) is 12.0 Å². The zero-order valence-corrected chi connectivity index (χ0v) is 15.2. The van der Waals surface area contributed by atoms with Gasteiger partial charge in [-0.15, -0.1) is 11.8 Å². The first kappa shape index (κ1) is 19.3. The molecule has 1 unspecified atom stereocenters. The van der Waals surface area contributed by atoms with E-state index in [-0.39, 0.29) is 17.9 Å². The fourth-order valence-electron chi connectivity index (χ4n) is 2.06. The van der Waals surface area contributed by atoms with Crippen molar-refractivity contribution in [2.75, 3.05) is 13.7 Å². The molecular weight excluding hydrogens is 362 g/mol. The summed E-state index contributed by atoms with van der Waals surface area (Å²) in [6, 6.07) is 15.1. The molecule has 2 aromatic carbocycles. The molecule has 0 fully saturated rings. The molecule has 0 bridgehead atoms. The van der Waals surface area contributed by atoms with E-state index in [0.29, 0.717) is 5.75 Å². The van der Waals surface area contributed by atoms with E-state index >= 15 is 0 Å². The van der Waals surface area contributed by atoms with Crippen LogP contribution in [0, 0.1) is 0 Å². The lowest BCUT2D eigenvalue weighted by atomic mass is 10.3. The van der Waals surface area contributed by atoms with Crippen LogP contribution in [0.2, 0.25) is 0 Å². The highest BCUT2D eigenvalue weighted by Gasteiger charge is 2.20. The van der Waals surface area contributed by atoms with Crippen LogP contribution >= 0.6 is 11.8 Å². The van der Waals surface area contributed by atoms with Gasteiger partial charge in [-0.2, -0.15) is 0 Å². The number of hydrogen-bond donors (Lipinski definition) is 2. The Hall–Kier alpha value is -2.03. The van der Waals surface area contributed by atoms with Crippen molar-refractivity contribution < 1.29 is 23.1 Å². The summed E-state index contributed by atoms with van der Waals surface area (Å²) in [4.78, 5) is 12.3. The van der Waals surface area contributed by atoms with Crippen LogP contribution in [0.1, 0.15) is 6.42 Å². The van der Waals surface area contributed by atoms with Crippen molar-refractivity contribution in [2.45, 2.75) is 21.5 Å². The van der Waals surface area contributed by atoms with E-state index in [1.807, 2.05) is 30.3 Å². The summed E-state index contributed by atoms with van der Waals surface area (Å²) in [6.45, 7) is 0.0329. The standard InChI is InChI=1S/C17H19NO5S2/c1-23-13-7-9-15(10-8-13)25(21,22)18-12-11-16(17(19)20)24-14-5-3-2-4-6-14/h2-10,16,18H,11-12H2,1H3,(H,19,20). The lowest BCUT2D eigenvalue weighted by molar-refractivity contribution is -0.136. The van der Waals surface area contributed by atoms with Crippen molar-refractivity contribution in [1.82, 2.24) is 4.72 Å². The number of methoxy groups -OCH3 is 1. The van der Waals surface area contributed by atoms with Crippen LogP contribution in [-0.2, 0) is 14.8 Å². The van der Waals surface area contributed by atoms with Gasteiger partial charge >= 0.3 is 5.97 Å². The maximum Gasteiger partial charge on any atom is 0.317 e. The number of hydrogen-bond acceptors (Lipinski definition) is 5. The summed E-state index contributed by atoms with van der Waals surface area (Å²) in [5.41, 5.74) is 0. The molecular formula is C17H19NO5S2. The molecule has 0 aliphatic heterocycles. The number of thioether (sulfide) groups is 1. The number of aliphatic carboxylic acids is 1. The second kappa shape index (κ2) is 8.89. The molecule has 0 amide bonds. The van der Waals surface area contributed by atoms with E-state index in [1.54, 1.807) is 12.1 Å². The normalized spacial score (nSPS) is 12.5. The SMILES string of the molecule is COc1ccc(S(=O)(=O)NCCC(Sc2ccccc2)C(=O)O)cc1. The third kappa shape index (κ3) is 5.77. The Morgan fingerprint density at radius 3 is 2.36 bits per heavy atom. The van der Waals surface area contributed by atoms with E-state index in [2.05, 4.69) is 4.72 Å². The minimum atomic E-state index is -3.69. The Bertz CT molecular complexity index is 792. The van der Waals surface area contributed by atoms with E-state index in [4.69, 9.17) is 4.74 Å². The van der Waals surface area contributed by atoms with Crippen molar-refractivity contribution in [3.63, 3.8) is 0 Å². The smallest absolute Gasteiger partial charge is 0.317 e. The van der Waals surface area contributed by atoms with E-state index in [9.17, 15) is 18.3 Å². The van der Waals surface area contributed by atoms with Gasteiger partial charge in [-0.1, -0.05) is 18.2 Å². The van der Waals surface area contributed by atoms with Crippen molar-refractivity contribution in [1.29, 1.82) is 0 Å². The van der Waals surface area contributed by atoms with Gasteiger partial charge in [0.25, 0.3) is 0 Å². The van der Waals surface area contributed by atoms with Gasteiger partial charge in [0.1, 0.15) is 11.0 Å². The number of ether oxygens (including phenoxy) is 1. The minimum absolute atomic E-state index is 0.0329. The van der Waals surface area contributed by atoms with Crippen molar-refractivity contribution in [3.05, 3.63) is 54.6 Å². The van der Waals surface area contributed by atoms with Crippen molar-refractivity contribution in [3.8, 4) is 5.75 Å². The second-order valence-electron chi connectivity index (χ2n) is 5.12. The van der Waals surface area contributed by atoms with Gasteiger partial charge in [0.15, 0.2) is 0 Å². The highest BCUT2D eigenvalue weighted by molar-refractivity contribution is 8.00. The third-order valence-corrected chi connectivity index (χ3v) is 6.11. The molecule has 2 N–H and O–H groups in total. The van der Waals surface area contributed by atoms with Gasteiger partial charge in [-0.05, 0) is 42.8 Å². The number of carboxylic acid groups (broad SMARTS) is 1. The molecule has 0 radical (unpaired) electrons. The minimum Gasteiger partial charge on any atom is -0.497 e. The number of carboxylic acids is 1. The summed E-state index contributed by atoms with van der Waals surface area (Å²) in [7, 11) is -2.19. The molecule has 0 aliphatic rings.